The Morgan fingerprint density at radius 2 is 2.35 bits per heavy atom. The standard InChI is InChI=1S/C15H17FN2O2/c16-13-4-3-12(2-1-6-17)14(8-13)15(20)18-7-5-11(9-18)10-19/h3-4,8,11,19H,5-7,9-10,17H2. The van der Waals surface area contributed by atoms with Crippen LogP contribution in [-0.2, 0) is 0 Å². The largest absolute Gasteiger partial charge is 0.396 e. The van der Waals surface area contributed by atoms with Crippen LogP contribution in [-0.4, -0.2) is 42.2 Å². The van der Waals surface area contributed by atoms with Gasteiger partial charge in [0.25, 0.3) is 5.91 Å². The molecular formula is C15H17FN2O2. The minimum Gasteiger partial charge on any atom is -0.396 e. The predicted molar refractivity (Wildman–Crippen MR) is 73.4 cm³/mol. The first kappa shape index (κ1) is 14.5. The average Bonchev–Trinajstić information content (AvgIpc) is 2.94. The fraction of sp³-hybridized carbons (Fsp3) is 0.400. The zero-order valence-corrected chi connectivity index (χ0v) is 11.1. The number of nitrogens with zero attached hydrogens (tertiary/aromatic N) is 1. The maximum atomic E-state index is 13.4. The Morgan fingerprint density at radius 3 is 3.00 bits per heavy atom. The molecule has 1 aromatic carbocycles. The van der Waals surface area contributed by atoms with Gasteiger partial charge in [0.2, 0.25) is 0 Å². The van der Waals surface area contributed by atoms with Crippen LogP contribution in [0.2, 0.25) is 0 Å². The van der Waals surface area contributed by atoms with E-state index in [0.29, 0.717) is 18.7 Å². The first-order chi connectivity index (χ1) is 9.65. The van der Waals surface area contributed by atoms with E-state index in [0.717, 1.165) is 6.42 Å². The summed E-state index contributed by atoms with van der Waals surface area (Å²) >= 11 is 0. The molecule has 2 rings (SSSR count). The molecule has 4 nitrogen and oxygen atoms in total. The average molecular weight is 276 g/mol. The second-order valence-corrected chi connectivity index (χ2v) is 4.78. The van der Waals surface area contributed by atoms with Crippen LogP contribution in [0.5, 0.6) is 0 Å². The summed E-state index contributed by atoms with van der Waals surface area (Å²) in [5, 5.41) is 9.12. The number of halogens is 1. The Balaban J connectivity index is 2.27. The highest BCUT2D eigenvalue weighted by molar-refractivity contribution is 5.97. The van der Waals surface area contributed by atoms with Gasteiger partial charge in [-0.3, -0.25) is 4.79 Å². The van der Waals surface area contributed by atoms with Gasteiger partial charge < -0.3 is 15.7 Å². The Labute approximate surface area is 117 Å². The van der Waals surface area contributed by atoms with E-state index in [1.807, 2.05) is 0 Å². The molecule has 0 aromatic heterocycles. The Morgan fingerprint density at radius 1 is 1.55 bits per heavy atom. The lowest BCUT2D eigenvalue weighted by molar-refractivity contribution is 0.0781. The molecule has 20 heavy (non-hydrogen) atoms. The second-order valence-electron chi connectivity index (χ2n) is 4.78. The summed E-state index contributed by atoms with van der Waals surface area (Å²) in [7, 11) is 0. The molecule has 1 aliphatic heterocycles. The monoisotopic (exact) mass is 276 g/mol. The van der Waals surface area contributed by atoms with Gasteiger partial charge in [-0.05, 0) is 24.6 Å². The molecule has 1 aromatic rings. The molecule has 106 valence electrons. The highest BCUT2D eigenvalue weighted by Crippen LogP contribution is 2.20. The third kappa shape index (κ3) is 3.16. The van der Waals surface area contributed by atoms with Gasteiger partial charge in [-0.25, -0.2) is 4.39 Å². The third-order valence-corrected chi connectivity index (χ3v) is 3.37. The Bertz CT molecular complexity index is 563. The van der Waals surface area contributed by atoms with Crippen LogP contribution in [0.1, 0.15) is 22.3 Å². The number of nitrogens with two attached hydrogens (primary N) is 1. The van der Waals surface area contributed by atoms with E-state index in [1.54, 1.807) is 4.90 Å². The van der Waals surface area contributed by atoms with Crippen molar-refractivity contribution >= 4 is 5.91 Å². The van der Waals surface area contributed by atoms with Crippen LogP contribution in [0.15, 0.2) is 18.2 Å². The van der Waals surface area contributed by atoms with Gasteiger partial charge in [-0.15, -0.1) is 0 Å². The van der Waals surface area contributed by atoms with Crippen LogP contribution in [0.4, 0.5) is 4.39 Å². The molecule has 0 spiro atoms. The van der Waals surface area contributed by atoms with E-state index in [-0.39, 0.29) is 30.5 Å². The number of aliphatic hydroxyl groups is 1. The highest BCUT2D eigenvalue weighted by atomic mass is 19.1. The van der Waals surface area contributed by atoms with E-state index < -0.39 is 5.82 Å². The highest BCUT2D eigenvalue weighted by Gasteiger charge is 2.27. The van der Waals surface area contributed by atoms with Gasteiger partial charge in [0.1, 0.15) is 5.82 Å². The van der Waals surface area contributed by atoms with Gasteiger partial charge in [0, 0.05) is 31.2 Å². The van der Waals surface area contributed by atoms with Crippen molar-refractivity contribution in [1.29, 1.82) is 0 Å². The predicted octanol–water partition coefficient (Wildman–Crippen LogP) is 0.590. The van der Waals surface area contributed by atoms with Crippen molar-refractivity contribution in [2.75, 3.05) is 26.2 Å². The molecular weight excluding hydrogens is 259 g/mol. The third-order valence-electron chi connectivity index (χ3n) is 3.37. The second kappa shape index (κ2) is 6.51. The van der Waals surface area contributed by atoms with Crippen molar-refractivity contribution in [2.45, 2.75) is 6.42 Å². The summed E-state index contributed by atoms with van der Waals surface area (Å²) in [5.74, 6) is 4.85. The van der Waals surface area contributed by atoms with Crippen molar-refractivity contribution in [1.82, 2.24) is 4.90 Å². The molecule has 0 aliphatic carbocycles. The Hall–Kier alpha value is -1.90. The van der Waals surface area contributed by atoms with E-state index in [1.165, 1.54) is 18.2 Å². The number of rotatable bonds is 2. The van der Waals surface area contributed by atoms with Crippen LogP contribution >= 0.6 is 0 Å². The molecule has 1 amide bonds. The van der Waals surface area contributed by atoms with Gasteiger partial charge in [0.15, 0.2) is 0 Å². The number of hydrogen-bond acceptors (Lipinski definition) is 3. The quantitative estimate of drug-likeness (QED) is 0.777. The van der Waals surface area contributed by atoms with Crippen molar-refractivity contribution in [3.63, 3.8) is 0 Å². The zero-order chi connectivity index (χ0) is 14.5. The summed E-state index contributed by atoms with van der Waals surface area (Å²) in [5.41, 5.74) is 6.06. The Kier molecular flexibility index (Phi) is 4.72. The molecule has 0 bridgehead atoms. The van der Waals surface area contributed by atoms with Crippen molar-refractivity contribution < 1.29 is 14.3 Å². The number of hydrogen-bond donors (Lipinski definition) is 2. The molecule has 0 radical (unpaired) electrons. The van der Waals surface area contributed by atoms with Gasteiger partial charge in [0.05, 0.1) is 12.1 Å². The van der Waals surface area contributed by atoms with Crippen LogP contribution < -0.4 is 5.73 Å². The molecule has 3 N–H and O–H groups in total. The summed E-state index contributed by atoms with van der Waals surface area (Å²) in [4.78, 5) is 14.1. The number of aliphatic hydroxyl groups excluding tert-OH is 1. The molecule has 1 atom stereocenters. The molecule has 1 unspecified atom stereocenters. The minimum absolute atomic E-state index is 0.0623. The van der Waals surface area contributed by atoms with Crippen LogP contribution in [0.3, 0.4) is 0 Å². The van der Waals surface area contributed by atoms with Crippen LogP contribution in [0, 0.1) is 23.6 Å². The maximum absolute atomic E-state index is 13.4. The lowest BCUT2D eigenvalue weighted by Gasteiger charge is -2.17. The number of benzene rings is 1. The summed E-state index contributed by atoms with van der Waals surface area (Å²) in [6.07, 6.45) is 0.765. The first-order valence-electron chi connectivity index (χ1n) is 6.54. The van der Waals surface area contributed by atoms with Crippen molar-refractivity contribution in [3.05, 3.63) is 35.1 Å². The van der Waals surface area contributed by atoms with Crippen molar-refractivity contribution in [3.8, 4) is 11.8 Å². The number of likely N-dealkylation sites (tertiary alicyclic amines) is 1. The fourth-order valence-electron chi connectivity index (χ4n) is 2.29. The van der Waals surface area contributed by atoms with E-state index in [9.17, 15) is 9.18 Å². The van der Waals surface area contributed by atoms with E-state index in [2.05, 4.69) is 11.8 Å². The lowest BCUT2D eigenvalue weighted by atomic mass is 10.1. The number of amides is 1. The van der Waals surface area contributed by atoms with Crippen LogP contribution in [0.25, 0.3) is 0 Å². The number of carbonyl (C=O) groups is 1. The minimum atomic E-state index is -0.468. The normalized spacial score (nSPS) is 17.8. The molecule has 1 aliphatic rings. The maximum Gasteiger partial charge on any atom is 0.255 e. The summed E-state index contributed by atoms with van der Waals surface area (Å²) in [6, 6.07) is 3.97. The van der Waals surface area contributed by atoms with Gasteiger partial charge in [-0.2, -0.15) is 0 Å². The van der Waals surface area contributed by atoms with Crippen molar-refractivity contribution in [2.24, 2.45) is 11.7 Å². The molecule has 1 fully saturated rings. The molecule has 0 saturated carbocycles. The number of carbonyl (C=O) groups excluding carboxylic acids is 1. The molecule has 5 heteroatoms. The topological polar surface area (TPSA) is 66.6 Å². The summed E-state index contributed by atoms with van der Waals surface area (Å²) in [6.45, 7) is 1.31. The van der Waals surface area contributed by atoms with E-state index >= 15 is 0 Å². The molecule has 1 heterocycles. The zero-order valence-electron chi connectivity index (χ0n) is 11.1. The fourth-order valence-corrected chi connectivity index (χ4v) is 2.29. The summed E-state index contributed by atoms with van der Waals surface area (Å²) < 4.78 is 13.4. The van der Waals surface area contributed by atoms with Gasteiger partial charge in [-0.1, -0.05) is 11.8 Å². The lowest BCUT2D eigenvalue weighted by Crippen LogP contribution is -2.29. The smallest absolute Gasteiger partial charge is 0.255 e. The molecule has 1 saturated heterocycles. The van der Waals surface area contributed by atoms with Gasteiger partial charge >= 0.3 is 0 Å². The van der Waals surface area contributed by atoms with E-state index in [4.69, 9.17) is 10.8 Å². The first-order valence-corrected chi connectivity index (χ1v) is 6.54. The SMILES string of the molecule is NCC#Cc1ccc(F)cc1C(=O)N1CCC(CO)C1.